The van der Waals surface area contributed by atoms with Crippen molar-refractivity contribution >= 4 is 39.1 Å². The number of benzene rings is 2. The van der Waals surface area contributed by atoms with E-state index in [0.717, 1.165) is 0 Å². The van der Waals surface area contributed by atoms with E-state index in [2.05, 4.69) is 21.2 Å². The topological polar surface area (TPSA) is 63.2 Å². The molecule has 116 valence electrons. The Labute approximate surface area is 142 Å². The van der Waals surface area contributed by atoms with Gasteiger partial charge in [-0.3, -0.25) is 14.4 Å². The lowest BCUT2D eigenvalue weighted by atomic mass is 9.83. The molecule has 5 heteroatoms. The summed E-state index contributed by atoms with van der Waals surface area (Å²) in [5.74, 6) is -0.675. The van der Waals surface area contributed by atoms with Gasteiger partial charge in [0.25, 0.3) is 0 Å². The first-order valence-electron chi connectivity index (χ1n) is 7.31. The second-order valence-electron chi connectivity index (χ2n) is 5.30. The lowest BCUT2D eigenvalue weighted by Gasteiger charge is -2.20. The molecule has 0 radical (unpaired) electrons. The fourth-order valence-electron chi connectivity index (χ4n) is 2.65. The Morgan fingerprint density at radius 2 is 1.61 bits per heavy atom. The number of carbonyl (C=O) groups is 3. The number of ketones is 2. The summed E-state index contributed by atoms with van der Waals surface area (Å²) in [6, 6.07) is 11.7. The number of fused-ring (bicyclic) bond motifs is 2. The van der Waals surface area contributed by atoms with E-state index in [1.807, 2.05) is 6.92 Å². The number of hydrogen-bond acceptors (Lipinski definition) is 3. The van der Waals surface area contributed by atoms with Gasteiger partial charge in [0.05, 0.1) is 16.1 Å². The molecule has 1 aliphatic carbocycles. The number of amides is 1. The standard InChI is InChI=1S/C18H14BrNO3/c1-2-13(19)18(23)20-14-9-5-8-12-15(14)17(22)11-7-4-3-6-10(11)16(12)21/h3-9,13H,2H2,1H3,(H,20,23). The maximum absolute atomic E-state index is 12.8. The van der Waals surface area contributed by atoms with Gasteiger partial charge in [-0.05, 0) is 12.5 Å². The summed E-state index contributed by atoms with van der Waals surface area (Å²) in [6.07, 6.45) is 0.622. The fraction of sp³-hybridized carbons (Fsp3) is 0.167. The molecule has 1 N–H and O–H groups in total. The lowest BCUT2D eigenvalue weighted by Crippen LogP contribution is -2.26. The third-order valence-corrected chi connectivity index (χ3v) is 4.92. The van der Waals surface area contributed by atoms with E-state index in [-0.39, 0.29) is 27.9 Å². The van der Waals surface area contributed by atoms with Gasteiger partial charge in [0.2, 0.25) is 5.91 Å². The molecule has 1 unspecified atom stereocenters. The molecule has 0 heterocycles. The summed E-state index contributed by atoms with van der Waals surface area (Å²) in [4.78, 5) is 37.1. The van der Waals surface area contributed by atoms with Crippen LogP contribution in [0.25, 0.3) is 0 Å². The molecule has 0 saturated carbocycles. The fourth-order valence-corrected chi connectivity index (χ4v) is 2.76. The number of hydrogen-bond donors (Lipinski definition) is 1. The predicted molar refractivity (Wildman–Crippen MR) is 91.4 cm³/mol. The zero-order valence-corrected chi connectivity index (χ0v) is 14.0. The third kappa shape index (κ3) is 2.61. The van der Waals surface area contributed by atoms with Crippen molar-refractivity contribution in [1.82, 2.24) is 0 Å². The van der Waals surface area contributed by atoms with E-state index in [0.29, 0.717) is 28.8 Å². The van der Waals surface area contributed by atoms with E-state index in [4.69, 9.17) is 0 Å². The maximum Gasteiger partial charge on any atom is 0.238 e. The monoisotopic (exact) mass is 371 g/mol. The van der Waals surface area contributed by atoms with Crippen LogP contribution in [0.3, 0.4) is 0 Å². The van der Waals surface area contributed by atoms with Crippen LogP contribution < -0.4 is 5.32 Å². The zero-order chi connectivity index (χ0) is 16.6. The van der Waals surface area contributed by atoms with Crippen molar-refractivity contribution < 1.29 is 14.4 Å². The Balaban J connectivity index is 2.09. The predicted octanol–water partition coefficient (Wildman–Crippen LogP) is 3.57. The van der Waals surface area contributed by atoms with Gasteiger partial charge in [0.1, 0.15) is 0 Å². The lowest BCUT2D eigenvalue weighted by molar-refractivity contribution is -0.115. The summed E-state index contributed by atoms with van der Waals surface area (Å²) in [7, 11) is 0. The van der Waals surface area contributed by atoms with Gasteiger partial charge in [-0.15, -0.1) is 0 Å². The van der Waals surface area contributed by atoms with Crippen molar-refractivity contribution in [2.24, 2.45) is 0 Å². The van der Waals surface area contributed by atoms with Gasteiger partial charge in [-0.2, -0.15) is 0 Å². The van der Waals surface area contributed by atoms with Crippen LogP contribution in [-0.4, -0.2) is 22.3 Å². The highest BCUT2D eigenvalue weighted by Gasteiger charge is 2.31. The molecule has 2 aromatic carbocycles. The molecule has 1 amide bonds. The highest BCUT2D eigenvalue weighted by Crippen LogP contribution is 2.32. The SMILES string of the molecule is CCC(Br)C(=O)Nc1cccc2c1C(=O)c1ccccc1C2=O. The molecule has 0 aliphatic heterocycles. The van der Waals surface area contributed by atoms with Crippen LogP contribution in [0.5, 0.6) is 0 Å². The van der Waals surface area contributed by atoms with Crippen molar-refractivity contribution in [2.45, 2.75) is 18.2 Å². The first kappa shape index (κ1) is 15.6. The van der Waals surface area contributed by atoms with Crippen LogP contribution in [-0.2, 0) is 4.79 Å². The van der Waals surface area contributed by atoms with Gasteiger partial charge in [-0.1, -0.05) is 59.3 Å². The molecule has 0 aromatic heterocycles. The summed E-state index contributed by atoms with van der Waals surface area (Å²) in [5.41, 5.74) is 1.74. The molecule has 4 nitrogen and oxygen atoms in total. The Kier molecular flexibility index (Phi) is 4.13. The first-order chi connectivity index (χ1) is 11.0. The molecular weight excluding hydrogens is 358 g/mol. The van der Waals surface area contributed by atoms with Gasteiger partial charge in [0, 0.05) is 16.7 Å². The molecule has 23 heavy (non-hydrogen) atoms. The van der Waals surface area contributed by atoms with Crippen molar-refractivity contribution in [3.63, 3.8) is 0 Å². The Morgan fingerprint density at radius 3 is 2.26 bits per heavy atom. The Hall–Kier alpha value is -2.27. The molecule has 1 aliphatic rings. The van der Waals surface area contributed by atoms with Gasteiger partial charge in [0.15, 0.2) is 11.6 Å². The number of alkyl halides is 1. The second kappa shape index (κ2) is 6.08. The van der Waals surface area contributed by atoms with E-state index in [9.17, 15) is 14.4 Å². The van der Waals surface area contributed by atoms with Crippen LogP contribution in [0.4, 0.5) is 5.69 Å². The van der Waals surface area contributed by atoms with Crippen molar-refractivity contribution in [1.29, 1.82) is 0 Å². The minimum absolute atomic E-state index is 0.197. The Morgan fingerprint density at radius 1 is 1.00 bits per heavy atom. The van der Waals surface area contributed by atoms with Gasteiger partial charge in [-0.25, -0.2) is 0 Å². The molecule has 2 aromatic rings. The second-order valence-corrected chi connectivity index (χ2v) is 6.40. The molecule has 0 saturated heterocycles. The van der Waals surface area contributed by atoms with E-state index in [1.54, 1.807) is 42.5 Å². The average Bonchev–Trinajstić information content (AvgIpc) is 2.58. The first-order valence-corrected chi connectivity index (χ1v) is 8.22. The summed E-state index contributed by atoms with van der Waals surface area (Å²) >= 11 is 3.28. The summed E-state index contributed by atoms with van der Waals surface area (Å²) in [5, 5.41) is 2.74. The van der Waals surface area contributed by atoms with Crippen LogP contribution in [0, 0.1) is 0 Å². The number of anilines is 1. The minimum atomic E-state index is -0.347. The van der Waals surface area contributed by atoms with Crippen LogP contribution in [0.15, 0.2) is 42.5 Å². The minimum Gasteiger partial charge on any atom is -0.324 e. The molecule has 0 bridgehead atoms. The number of nitrogens with one attached hydrogen (secondary N) is 1. The largest absolute Gasteiger partial charge is 0.324 e. The van der Waals surface area contributed by atoms with E-state index in [1.165, 1.54) is 0 Å². The van der Waals surface area contributed by atoms with Crippen LogP contribution >= 0.6 is 15.9 Å². The Bertz CT molecular complexity index is 829. The normalized spacial score (nSPS) is 14.0. The molecule has 0 spiro atoms. The zero-order valence-electron chi connectivity index (χ0n) is 12.4. The highest BCUT2D eigenvalue weighted by molar-refractivity contribution is 9.10. The summed E-state index contributed by atoms with van der Waals surface area (Å²) < 4.78 is 0. The van der Waals surface area contributed by atoms with Crippen LogP contribution in [0.1, 0.15) is 45.2 Å². The molecular formula is C18H14BrNO3. The third-order valence-electron chi connectivity index (χ3n) is 3.85. The number of rotatable bonds is 3. The maximum atomic E-state index is 12.8. The quantitative estimate of drug-likeness (QED) is 0.715. The van der Waals surface area contributed by atoms with Gasteiger partial charge < -0.3 is 5.32 Å². The molecule has 0 fully saturated rings. The number of carbonyl (C=O) groups excluding carboxylic acids is 3. The average molecular weight is 372 g/mol. The van der Waals surface area contributed by atoms with E-state index < -0.39 is 0 Å². The van der Waals surface area contributed by atoms with E-state index >= 15 is 0 Å². The van der Waals surface area contributed by atoms with Crippen molar-refractivity contribution in [3.05, 3.63) is 64.7 Å². The summed E-state index contributed by atoms with van der Waals surface area (Å²) in [6.45, 7) is 1.88. The molecule has 1 atom stereocenters. The highest BCUT2D eigenvalue weighted by atomic mass is 79.9. The van der Waals surface area contributed by atoms with Crippen molar-refractivity contribution in [3.8, 4) is 0 Å². The van der Waals surface area contributed by atoms with Crippen molar-refractivity contribution in [2.75, 3.05) is 5.32 Å². The molecule has 3 rings (SSSR count). The smallest absolute Gasteiger partial charge is 0.238 e. The van der Waals surface area contributed by atoms with Gasteiger partial charge >= 0.3 is 0 Å². The van der Waals surface area contributed by atoms with Crippen LogP contribution in [0.2, 0.25) is 0 Å². The number of halogens is 1.